The molecule has 4 amide bonds. The van der Waals surface area contributed by atoms with E-state index in [-0.39, 0.29) is 47.7 Å². The van der Waals surface area contributed by atoms with Gasteiger partial charge in [-0.3, -0.25) is 24.1 Å². The number of aromatic nitrogens is 2. The number of hydrogen-bond acceptors (Lipinski definition) is 6. The third-order valence-electron chi connectivity index (χ3n) is 9.41. The number of carbonyl (C=O) groups is 4. The maximum atomic E-state index is 14.1. The molecule has 2 aliphatic heterocycles. The lowest BCUT2D eigenvalue weighted by Gasteiger charge is -2.41. The van der Waals surface area contributed by atoms with Crippen LogP contribution in [-0.4, -0.2) is 105 Å². The van der Waals surface area contributed by atoms with Crippen molar-refractivity contribution in [3.63, 3.8) is 0 Å². The topological polar surface area (TPSA) is 120 Å². The second-order valence-corrected chi connectivity index (χ2v) is 14.8. The van der Waals surface area contributed by atoms with Gasteiger partial charge in [-0.2, -0.15) is 0 Å². The maximum absolute atomic E-state index is 14.1. The summed E-state index contributed by atoms with van der Waals surface area (Å²) in [7, 11) is 1.75. The zero-order chi connectivity index (χ0) is 34.2. The Labute approximate surface area is 276 Å². The van der Waals surface area contributed by atoms with Crippen LogP contribution < -0.4 is 10.6 Å². The van der Waals surface area contributed by atoms with Crippen LogP contribution in [0.25, 0.3) is 0 Å². The van der Waals surface area contributed by atoms with Gasteiger partial charge in [0.15, 0.2) is 0 Å². The number of piperidine rings is 1. The maximum Gasteiger partial charge on any atom is 0.249 e. The van der Waals surface area contributed by atoms with Crippen LogP contribution in [0.4, 0.5) is 0 Å². The van der Waals surface area contributed by atoms with E-state index in [1.54, 1.807) is 36.3 Å². The van der Waals surface area contributed by atoms with Gasteiger partial charge in [0.05, 0.1) is 18.4 Å². The second kappa shape index (κ2) is 16.6. The fourth-order valence-corrected chi connectivity index (χ4v) is 6.69. The molecule has 2 saturated heterocycles. The molecule has 2 aliphatic rings. The van der Waals surface area contributed by atoms with E-state index in [4.69, 9.17) is 0 Å². The van der Waals surface area contributed by atoms with E-state index in [9.17, 15) is 19.2 Å². The Balaban J connectivity index is 1.69. The molecule has 4 atom stereocenters. The third-order valence-corrected chi connectivity index (χ3v) is 9.41. The quantitative estimate of drug-likeness (QED) is 0.251. The van der Waals surface area contributed by atoms with E-state index >= 15 is 0 Å². The van der Waals surface area contributed by atoms with E-state index < -0.39 is 17.5 Å². The molecule has 11 heteroatoms. The first kappa shape index (κ1) is 37.2. The number of nitrogens with zero attached hydrogens (tertiary/aromatic N) is 5. The van der Waals surface area contributed by atoms with Gasteiger partial charge in [-0.15, -0.1) is 0 Å². The predicted molar refractivity (Wildman–Crippen MR) is 181 cm³/mol. The molecule has 0 radical (unpaired) electrons. The first-order chi connectivity index (χ1) is 21.6. The predicted octanol–water partition coefficient (Wildman–Crippen LogP) is 3.60. The molecule has 46 heavy (non-hydrogen) atoms. The van der Waals surface area contributed by atoms with Crippen molar-refractivity contribution in [1.29, 1.82) is 0 Å². The number of rotatable bonds is 13. The van der Waals surface area contributed by atoms with Crippen molar-refractivity contribution in [3.8, 4) is 0 Å². The van der Waals surface area contributed by atoms with Crippen LogP contribution in [-0.2, 0) is 25.7 Å². The molecule has 0 aliphatic carbocycles. The molecule has 0 spiro atoms. The minimum Gasteiger partial charge on any atom is -0.354 e. The van der Waals surface area contributed by atoms with E-state index in [1.807, 2.05) is 51.5 Å². The van der Waals surface area contributed by atoms with Gasteiger partial charge in [0, 0.05) is 50.7 Å². The monoisotopic (exact) mass is 641 g/mol. The second-order valence-electron chi connectivity index (χ2n) is 14.8. The third kappa shape index (κ3) is 9.65. The average molecular weight is 642 g/mol. The molecule has 258 valence electrons. The Bertz CT molecular complexity index is 1200. The van der Waals surface area contributed by atoms with Gasteiger partial charge in [-0.05, 0) is 70.8 Å². The Kier molecular flexibility index (Phi) is 13.4. The normalized spacial score (nSPS) is 20.9. The first-order valence-corrected chi connectivity index (χ1v) is 17.2. The number of carbonyl (C=O) groups excluding carboxylic acids is 4. The molecular weight excluding hydrogens is 582 g/mol. The molecular formula is C35H59N7O4. The molecule has 0 aromatic carbocycles. The standard InChI is InChI=1S/C35H59N7O4/c1-24(2)29(39(9)34(46)30(35(6,7)8)38-32(44)28-14-10-11-19-41(28)25(3)4)22-26(5)33(45)42-20-12-15-27(42)31(43)37-16-13-18-40-21-17-36-23-40/h17,21-25,27-30H,10-16,18-20H2,1-9H3,(H,37,43)(H,38,44)/b26-22+/t27-,28?,29+,30?/m0/s1. The largest absolute Gasteiger partial charge is 0.354 e. The van der Waals surface area contributed by atoms with Gasteiger partial charge in [0.25, 0.3) is 0 Å². The highest BCUT2D eigenvalue weighted by Crippen LogP contribution is 2.27. The zero-order valence-electron chi connectivity index (χ0n) is 29.7. The molecule has 2 fully saturated rings. The summed E-state index contributed by atoms with van der Waals surface area (Å²) in [5.74, 6) is -0.588. The van der Waals surface area contributed by atoms with Crippen molar-refractivity contribution in [2.75, 3.05) is 26.7 Å². The van der Waals surface area contributed by atoms with Crippen LogP contribution in [0.2, 0.25) is 0 Å². The summed E-state index contributed by atoms with van der Waals surface area (Å²) in [6, 6.07) is -1.62. The Morgan fingerprint density at radius 3 is 2.30 bits per heavy atom. The molecule has 0 saturated carbocycles. The lowest BCUT2D eigenvalue weighted by Crippen LogP contribution is -2.60. The summed E-state index contributed by atoms with van der Waals surface area (Å²) in [5.41, 5.74) is -0.0205. The van der Waals surface area contributed by atoms with Crippen LogP contribution in [0.1, 0.15) is 93.9 Å². The van der Waals surface area contributed by atoms with E-state index in [1.165, 1.54) is 0 Å². The number of aryl methyl sites for hydroxylation is 1. The van der Waals surface area contributed by atoms with Crippen molar-refractivity contribution in [2.45, 2.75) is 131 Å². The van der Waals surface area contributed by atoms with Gasteiger partial charge in [-0.25, -0.2) is 4.98 Å². The van der Waals surface area contributed by atoms with Crippen molar-refractivity contribution in [1.82, 2.24) is 34.9 Å². The summed E-state index contributed by atoms with van der Waals surface area (Å²) in [5, 5.41) is 6.14. The number of imidazole rings is 1. The lowest BCUT2D eigenvalue weighted by atomic mass is 9.84. The Hall–Kier alpha value is -3.21. The van der Waals surface area contributed by atoms with Gasteiger partial charge < -0.3 is 25.0 Å². The van der Waals surface area contributed by atoms with Crippen molar-refractivity contribution >= 4 is 23.6 Å². The molecule has 3 rings (SSSR count). The van der Waals surface area contributed by atoms with Gasteiger partial charge in [0.1, 0.15) is 12.1 Å². The number of likely N-dealkylation sites (tertiary alicyclic amines) is 2. The van der Waals surface area contributed by atoms with Crippen LogP contribution in [0, 0.1) is 11.3 Å². The van der Waals surface area contributed by atoms with Gasteiger partial charge >= 0.3 is 0 Å². The van der Waals surface area contributed by atoms with E-state index in [0.717, 1.165) is 45.2 Å². The van der Waals surface area contributed by atoms with E-state index in [0.29, 0.717) is 25.1 Å². The smallest absolute Gasteiger partial charge is 0.249 e. The van der Waals surface area contributed by atoms with Crippen molar-refractivity contribution in [3.05, 3.63) is 30.4 Å². The number of hydrogen-bond donors (Lipinski definition) is 2. The molecule has 0 bridgehead atoms. The summed E-state index contributed by atoms with van der Waals surface area (Å²) < 4.78 is 1.97. The number of nitrogens with one attached hydrogen (secondary N) is 2. The molecule has 2 unspecified atom stereocenters. The fraction of sp³-hybridized carbons (Fsp3) is 0.743. The summed E-state index contributed by atoms with van der Waals surface area (Å²) >= 11 is 0. The zero-order valence-corrected chi connectivity index (χ0v) is 29.7. The highest BCUT2D eigenvalue weighted by atomic mass is 16.2. The fourth-order valence-electron chi connectivity index (χ4n) is 6.69. The van der Waals surface area contributed by atoms with Crippen LogP contribution in [0.3, 0.4) is 0 Å². The van der Waals surface area contributed by atoms with Gasteiger partial charge in [-0.1, -0.05) is 47.1 Å². The summed E-state index contributed by atoms with van der Waals surface area (Å²) in [6.45, 7) is 18.6. The van der Waals surface area contributed by atoms with E-state index in [2.05, 4.69) is 34.4 Å². The minimum atomic E-state index is -0.730. The highest BCUT2D eigenvalue weighted by Gasteiger charge is 2.40. The Morgan fingerprint density at radius 1 is 1.00 bits per heavy atom. The lowest BCUT2D eigenvalue weighted by molar-refractivity contribution is -0.142. The average Bonchev–Trinajstić information content (AvgIpc) is 3.71. The SMILES string of the molecule is C/C(=C\[C@H](C(C)C)N(C)C(=O)C(NC(=O)C1CCCCN1C(C)C)C(C)(C)C)C(=O)N1CCC[C@H]1C(=O)NCCCn1ccnc1. The summed E-state index contributed by atoms with van der Waals surface area (Å²) in [6.07, 6.45) is 12.2. The minimum absolute atomic E-state index is 0.0102. The number of likely N-dealkylation sites (N-methyl/N-ethyl adjacent to an activating group) is 1. The van der Waals surface area contributed by atoms with Crippen LogP contribution >= 0.6 is 0 Å². The first-order valence-electron chi connectivity index (χ1n) is 17.2. The van der Waals surface area contributed by atoms with Crippen LogP contribution in [0.5, 0.6) is 0 Å². The van der Waals surface area contributed by atoms with Crippen molar-refractivity contribution in [2.24, 2.45) is 11.3 Å². The van der Waals surface area contributed by atoms with Crippen molar-refractivity contribution < 1.29 is 19.2 Å². The molecule has 2 N–H and O–H groups in total. The summed E-state index contributed by atoms with van der Waals surface area (Å²) in [4.78, 5) is 64.1. The van der Waals surface area contributed by atoms with Crippen LogP contribution in [0.15, 0.2) is 30.4 Å². The molecule has 1 aromatic heterocycles. The van der Waals surface area contributed by atoms with Gasteiger partial charge in [0.2, 0.25) is 23.6 Å². The molecule has 11 nitrogen and oxygen atoms in total. The number of amides is 4. The highest BCUT2D eigenvalue weighted by molar-refractivity contribution is 5.97. The molecule has 3 heterocycles. The molecule has 1 aromatic rings. The Morgan fingerprint density at radius 2 is 1.70 bits per heavy atom.